The molecule has 1 spiro atoms. The lowest BCUT2D eigenvalue weighted by atomic mass is 9.66. The Balaban J connectivity index is 1.93. The lowest BCUT2D eigenvalue weighted by Gasteiger charge is -2.57. The van der Waals surface area contributed by atoms with Crippen LogP contribution >= 0.6 is 0 Å². The number of hydrogen-bond acceptors (Lipinski definition) is 5. The summed E-state index contributed by atoms with van der Waals surface area (Å²) >= 11 is 0. The van der Waals surface area contributed by atoms with Gasteiger partial charge in [0.25, 0.3) is 0 Å². The molecule has 7 nitrogen and oxygen atoms in total. The van der Waals surface area contributed by atoms with Gasteiger partial charge in [0.15, 0.2) is 5.41 Å². The number of imide groups is 2. The van der Waals surface area contributed by atoms with E-state index in [0.717, 1.165) is 11.3 Å². The number of barbiturate groups is 1. The van der Waals surface area contributed by atoms with Gasteiger partial charge in [0.1, 0.15) is 0 Å². The van der Waals surface area contributed by atoms with Crippen molar-refractivity contribution < 1.29 is 19.1 Å². The molecule has 150 valence electrons. The van der Waals surface area contributed by atoms with Gasteiger partial charge in [-0.15, -0.1) is 0 Å². The van der Waals surface area contributed by atoms with E-state index in [1.54, 1.807) is 20.8 Å². The largest absolute Gasteiger partial charge is 0.372 e. The summed E-state index contributed by atoms with van der Waals surface area (Å²) in [5, 5.41) is 2.47. The second-order valence-electron chi connectivity index (χ2n) is 9.10. The number of carbonyl (C=O) groups is 3. The molecule has 4 atom stereocenters. The smallest absolute Gasteiger partial charge is 0.331 e. The van der Waals surface area contributed by atoms with Crippen LogP contribution in [0.3, 0.4) is 0 Å². The molecule has 1 aromatic rings. The quantitative estimate of drug-likeness (QED) is 0.692. The zero-order valence-corrected chi connectivity index (χ0v) is 17.0. The lowest BCUT2D eigenvalue weighted by molar-refractivity contribution is -0.163. The molecule has 3 aliphatic heterocycles. The van der Waals surface area contributed by atoms with Gasteiger partial charge in [-0.2, -0.15) is 0 Å². The zero-order valence-electron chi connectivity index (χ0n) is 17.0. The molecule has 0 bridgehead atoms. The van der Waals surface area contributed by atoms with E-state index in [-0.39, 0.29) is 18.6 Å². The van der Waals surface area contributed by atoms with Gasteiger partial charge in [-0.3, -0.25) is 19.8 Å². The molecule has 0 unspecified atom stereocenters. The summed E-state index contributed by atoms with van der Waals surface area (Å²) in [4.78, 5) is 43.0. The number of hydrogen-bond donors (Lipinski definition) is 1. The zero-order chi connectivity index (χ0) is 20.4. The number of nitrogens with one attached hydrogen (secondary N) is 1. The van der Waals surface area contributed by atoms with Gasteiger partial charge < -0.3 is 9.64 Å². The molecule has 3 heterocycles. The summed E-state index contributed by atoms with van der Waals surface area (Å²) in [6.45, 7) is 9.87. The van der Waals surface area contributed by atoms with Gasteiger partial charge in [-0.1, -0.05) is 18.2 Å². The number of ether oxygens (including phenoxy) is 1. The molecule has 0 saturated carbocycles. The Morgan fingerprint density at radius 2 is 1.82 bits per heavy atom. The number of morpholine rings is 1. The number of amides is 4. The maximum atomic E-state index is 13.8. The van der Waals surface area contributed by atoms with Crippen LogP contribution in [0.2, 0.25) is 0 Å². The molecule has 3 aliphatic rings. The summed E-state index contributed by atoms with van der Waals surface area (Å²) in [7, 11) is 0. The Bertz CT molecular complexity index is 861. The van der Waals surface area contributed by atoms with Crippen molar-refractivity contribution in [1.29, 1.82) is 0 Å². The van der Waals surface area contributed by atoms with Crippen LogP contribution in [-0.4, -0.2) is 53.1 Å². The van der Waals surface area contributed by atoms with Crippen molar-refractivity contribution in [1.82, 2.24) is 10.2 Å². The number of urea groups is 1. The first-order chi connectivity index (χ1) is 13.1. The Morgan fingerprint density at radius 1 is 1.14 bits per heavy atom. The Labute approximate surface area is 165 Å². The van der Waals surface area contributed by atoms with Crippen LogP contribution in [-0.2, 0) is 20.7 Å². The summed E-state index contributed by atoms with van der Waals surface area (Å²) in [6, 6.07) is 6.72. The van der Waals surface area contributed by atoms with Crippen LogP contribution in [0, 0.1) is 5.41 Å². The number of carbonyl (C=O) groups excluding carboxylic acids is 3. The fourth-order valence-electron chi connectivity index (χ4n) is 5.07. The van der Waals surface area contributed by atoms with E-state index in [4.69, 9.17) is 4.74 Å². The fourth-order valence-corrected chi connectivity index (χ4v) is 5.07. The van der Waals surface area contributed by atoms with Crippen LogP contribution in [0.4, 0.5) is 10.5 Å². The molecular weight excluding hydrogens is 358 g/mol. The predicted molar refractivity (Wildman–Crippen MR) is 104 cm³/mol. The lowest BCUT2D eigenvalue weighted by Crippen LogP contribution is -2.77. The topological polar surface area (TPSA) is 79.0 Å². The van der Waals surface area contributed by atoms with Gasteiger partial charge in [0.2, 0.25) is 11.8 Å². The molecule has 1 aromatic carbocycles. The first-order valence-electron chi connectivity index (χ1n) is 9.77. The minimum atomic E-state index is -1.41. The Kier molecular flexibility index (Phi) is 4.08. The number of anilines is 1. The molecule has 2 saturated heterocycles. The minimum absolute atomic E-state index is 0.0310. The van der Waals surface area contributed by atoms with Crippen LogP contribution in [0.25, 0.3) is 0 Å². The standard InChI is InChI=1S/C21H27N3O4/c1-12-11-23-15-9-7-6-8-14(15)10-21(16(23)13(2)28-12)17(25)22-19(27)24(18(21)26)20(3,4)5/h6-9,12-13,16H,10-11H2,1-5H3,(H,22,25,27)/t12-,13-,16-,21-/m1/s1. The van der Waals surface area contributed by atoms with Gasteiger partial charge in [0, 0.05) is 17.8 Å². The molecule has 7 heteroatoms. The maximum Gasteiger partial charge on any atom is 0.331 e. The molecule has 0 radical (unpaired) electrons. The Hall–Kier alpha value is -2.41. The average molecular weight is 385 g/mol. The van der Waals surface area contributed by atoms with Crippen molar-refractivity contribution >= 4 is 23.5 Å². The van der Waals surface area contributed by atoms with E-state index in [1.807, 2.05) is 38.1 Å². The monoisotopic (exact) mass is 385 g/mol. The SMILES string of the molecule is C[C@@H]1CN2c3ccccc3C[C@]3(C(=O)NC(=O)N(C(C)(C)C)C3=O)[C@H]2[C@@H](C)O1. The van der Waals surface area contributed by atoms with E-state index < -0.39 is 34.8 Å². The highest BCUT2D eigenvalue weighted by molar-refractivity contribution is 6.20. The van der Waals surface area contributed by atoms with E-state index in [0.29, 0.717) is 6.54 Å². The van der Waals surface area contributed by atoms with E-state index in [2.05, 4.69) is 10.2 Å². The molecule has 0 aromatic heterocycles. The maximum absolute atomic E-state index is 13.8. The second-order valence-corrected chi connectivity index (χ2v) is 9.10. The van der Waals surface area contributed by atoms with Crippen molar-refractivity contribution in [3.05, 3.63) is 29.8 Å². The van der Waals surface area contributed by atoms with Gasteiger partial charge >= 0.3 is 6.03 Å². The van der Waals surface area contributed by atoms with Crippen molar-refractivity contribution in [3.63, 3.8) is 0 Å². The third kappa shape index (κ3) is 2.49. The average Bonchev–Trinajstić information content (AvgIpc) is 2.58. The molecule has 0 aliphatic carbocycles. The van der Waals surface area contributed by atoms with Crippen molar-refractivity contribution in [2.75, 3.05) is 11.4 Å². The highest BCUT2D eigenvalue weighted by Gasteiger charge is 2.65. The van der Waals surface area contributed by atoms with Gasteiger partial charge in [-0.05, 0) is 52.7 Å². The molecule has 4 amide bonds. The van der Waals surface area contributed by atoms with Gasteiger partial charge in [0.05, 0.1) is 18.2 Å². The summed E-state index contributed by atoms with van der Waals surface area (Å²) < 4.78 is 6.07. The molecule has 2 fully saturated rings. The summed E-state index contributed by atoms with van der Waals surface area (Å²) in [6.07, 6.45) is -0.130. The third-order valence-corrected chi connectivity index (χ3v) is 6.04. The van der Waals surface area contributed by atoms with Crippen LogP contribution in [0.1, 0.15) is 40.2 Å². The van der Waals surface area contributed by atoms with Crippen molar-refractivity contribution in [2.24, 2.45) is 5.41 Å². The number of benzene rings is 1. The second kappa shape index (κ2) is 6.04. The van der Waals surface area contributed by atoms with Crippen molar-refractivity contribution in [2.45, 2.75) is 64.8 Å². The van der Waals surface area contributed by atoms with Crippen LogP contribution in [0.5, 0.6) is 0 Å². The number of nitrogens with zero attached hydrogens (tertiary/aromatic N) is 2. The number of fused-ring (bicyclic) bond motifs is 4. The van der Waals surface area contributed by atoms with E-state index in [9.17, 15) is 14.4 Å². The molecule has 1 N–H and O–H groups in total. The normalized spacial score (nSPS) is 32.9. The summed E-state index contributed by atoms with van der Waals surface area (Å²) in [5.74, 6) is -0.972. The Morgan fingerprint density at radius 3 is 2.50 bits per heavy atom. The summed E-state index contributed by atoms with van der Waals surface area (Å²) in [5.41, 5.74) is -0.190. The van der Waals surface area contributed by atoms with E-state index in [1.165, 1.54) is 4.90 Å². The number of rotatable bonds is 0. The first-order valence-corrected chi connectivity index (χ1v) is 9.77. The predicted octanol–water partition coefficient (Wildman–Crippen LogP) is 2.09. The molecule has 4 rings (SSSR count). The third-order valence-electron chi connectivity index (χ3n) is 6.04. The first kappa shape index (κ1) is 18.9. The minimum Gasteiger partial charge on any atom is -0.372 e. The fraction of sp³-hybridized carbons (Fsp3) is 0.571. The van der Waals surface area contributed by atoms with Crippen LogP contribution < -0.4 is 10.2 Å². The number of para-hydroxylation sites is 1. The van der Waals surface area contributed by atoms with Gasteiger partial charge in [-0.25, -0.2) is 4.79 Å². The molecular formula is C21H27N3O4. The van der Waals surface area contributed by atoms with E-state index >= 15 is 0 Å². The molecule has 28 heavy (non-hydrogen) atoms. The van der Waals surface area contributed by atoms with Crippen molar-refractivity contribution in [3.8, 4) is 0 Å². The van der Waals surface area contributed by atoms with Crippen LogP contribution in [0.15, 0.2) is 24.3 Å². The highest BCUT2D eigenvalue weighted by atomic mass is 16.5. The highest BCUT2D eigenvalue weighted by Crippen LogP contribution is 2.48.